The lowest BCUT2D eigenvalue weighted by molar-refractivity contribution is -0.150. The van der Waals surface area contributed by atoms with Crippen molar-refractivity contribution in [3.63, 3.8) is 0 Å². The Bertz CT molecular complexity index is 870. The second-order valence-electron chi connectivity index (χ2n) is 7.43. The number of alkyl halides is 2. The number of nitrogens with one attached hydrogen (secondary N) is 1. The standard InChI is InChI=1S/C19H22BrClN2O5SSi/c1-30(2,11-21)28-19(26)16-12(8-20)10-29-18-15(17(25)23(16)18)22-14(24)9-27-13-6-4-3-5-7-13/h3-7,15,18H,8-11H2,1-2H3,(H,22,24)/t15?,18-/m1/s1. The topological polar surface area (TPSA) is 84.9 Å². The summed E-state index contributed by atoms with van der Waals surface area (Å²) >= 11 is 10.8. The molecule has 2 amide bonds. The van der Waals surface area contributed by atoms with Crippen molar-refractivity contribution < 1.29 is 23.5 Å². The van der Waals surface area contributed by atoms with Gasteiger partial charge in [0.1, 0.15) is 22.9 Å². The molecule has 3 rings (SSSR count). The maximum Gasteiger partial charge on any atom is 0.341 e. The molecule has 162 valence electrons. The monoisotopic (exact) mass is 532 g/mol. The molecule has 2 aliphatic heterocycles. The molecule has 0 aromatic heterocycles. The van der Waals surface area contributed by atoms with Gasteiger partial charge in [-0.2, -0.15) is 0 Å². The molecule has 2 aliphatic rings. The number of carbonyl (C=O) groups is 3. The normalized spacial score (nSPS) is 20.9. The number of fused-ring (bicyclic) bond motifs is 1. The van der Waals surface area contributed by atoms with Crippen LogP contribution in [0.15, 0.2) is 41.6 Å². The van der Waals surface area contributed by atoms with Gasteiger partial charge in [-0.05, 0) is 30.8 Å². The molecule has 1 aromatic rings. The van der Waals surface area contributed by atoms with Crippen LogP contribution in [0.4, 0.5) is 0 Å². The zero-order chi connectivity index (χ0) is 21.9. The summed E-state index contributed by atoms with van der Waals surface area (Å²) < 4.78 is 11.1. The maximum absolute atomic E-state index is 12.8. The number of carbonyl (C=O) groups excluding carboxylic acids is 3. The summed E-state index contributed by atoms with van der Waals surface area (Å²) in [4.78, 5) is 39.3. The Hall–Kier alpha value is -1.49. The average Bonchev–Trinajstić information content (AvgIpc) is 2.75. The van der Waals surface area contributed by atoms with E-state index < -0.39 is 26.2 Å². The molecule has 1 fully saturated rings. The second-order valence-corrected chi connectivity index (χ2v) is 13.9. The van der Waals surface area contributed by atoms with Crippen molar-refractivity contribution in [2.24, 2.45) is 0 Å². The van der Waals surface area contributed by atoms with E-state index >= 15 is 0 Å². The van der Waals surface area contributed by atoms with Crippen molar-refractivity contribution in [3.8, 4) is 5.75 Å². The number of hydrogen-bond donors (Lipinski definition) is 1. The van der Waals surface area contributed by atoms with Crippen LogP contribution in [0.25, 0.3) is 0 Å². The van der Waals surface area contributed by atoms with E-state index in [1.807, 2.05) is 31.3 Å². The highest BCUT2D eigenvalue weighted by atomic mass is 79.9. The van der Waals surface area contributed by atoms with Crippen LogP contribution in [-0.4, -0.2) is 65.6 Å². The van der Waals surface area contributed by atoms with Crippen molar-refractivity contribution in [3.05, 3.63) is 41.6 Å². The van der Waals surface area contributed by atoms with Crippen molar-refractivity contribution in [2.75, 3.05) is 23.2 Å². The number of benzene rings is 1. The minimum atomic E-state index is -2.37. The molecule has 0 saturated carbocycles. The lowest BCUT2D eigenvalue weighted by Crippen LogP contribution is -2.71. The average molecular weight is 534 g/mol. The van der Waals surface area contributed by atoms with E-state index in [9.17, 15) is 14.4 Å². The summed E-state index contributed by atoms with van der Waals surface area (Å²) in [5, 5.41) is 2.81. The van der Waals surface area contributed by atoms with Gasteiger partial charge in [-0.25, -0.2) is 4.79 Å². The minimum Gasteiger partial charge on any atom is -0.514 e. The third-order valence-corrected chi connectivity index (χ3v) is 9.85. The zero-order valence-corrected chi connectivity index (χ0v) is 20.7. The summed E-state index contributed by atoms with van der Waals surface area (Å²) in [6.45, 7) is 3.49. The quantitative estimate of drug-likeness (QED) is 0.314. The molecule has 2 atom stereocenters. The molecule has 1 saturated heterocycles. The third kappa shape index (κ3) is 5.04. The van der Waals surface area contributed by atoms with Crippen molar-refractivity contribution >= 4 is 65.4 Å². The van der Waals surface area contributed by atoms with Gasteiger partial charge in [-0.3, -0.25) is 14.5 Å². The van der Waals surface area contributed by atoms with E-state index in [2.05, 4.69) is 21.2 Å². The molecular formula is C19H22BrClN2O5SSi. The summed E-state index contributed by atoms with van der Waals surface area (Å²) in [6.07, 6.45) is 0. The van der Waals surface area contributed by atoms with Crippen LogP contribution >= 0.6 is 39.3 Å². The first kappa shape index (κ1) is 23.2. The summed E-state index contributed by atoms with van der Waals surface area (Å²) in [5.74, 6) is -0.136. The number of rotatable bonds is 8. The smallest absolute Gasteiger partial charge is 0.341 e. The summed E-state index contributed by atoms with van der Waals surface area (Å²) in [6, 6.07) is 8.25. The van der Waals surface area contributed by atoms with Crippen LogP contribution in [0.2, 0.25) is 13.1 Å². The minimum absolute atomic E-state index is 0.196. The second kappa shape index (κ2) is 9.76. The Morgan fingerprint density at radius 2 is 2.03 bits per heavy atom. The predicted molar refractivity (Wildman–Crippen MR) is 122 cm³/mol. The van der Waals surface area contributed by atoms with E-state index in [-0.39, 0.29) is 29.1 Å². The van der Waals surface area contributed by atoms with E-state index in [0.717, 1.165) is 5.57 Å². The Labute approximate surface area is 193 Å². The van der Waals surface area contributed by atoms with E-state index in [0.29, 0.717) is 16.8 Å². The third-order valence-electron chi connectivity index (χ3n) is 4.52. The summed E-state index contributed by atoms with van der Waals surface area (Å²) in [7, 11) is -2.37. The molecule has 0 aliphatic carbocycles. The Morgan fingerprint density at radius 3 is 2.67 bits per heavy atom. The van der Waals surface area contributed by atoms with Crippen molar-refractivity contribution in [1.29, 1.82) is 0 Å². The van der Waals surface area contributed by atoms with Crippen LogP contribution in [-0.2, 0) is 18.8 Å². The van der Waals surface area contributed by atoms with Crippen molar-refractivity contribution in [2.45, 2.75) is 24.5 Å². The lowest BCUT2D eigenvalue weighted by atomic mass is 10.0. The Morgan fingerprint density at radius 1 is 1.33 bits per heavy atom. The van der Waals surface area contributed by atoms with Crippen LogP contribution in [0.5, 0.6) is 5.75 Å². The fourth-order valence-electron chi connectivity index (χ4n) is 2.98. The summed E-state index contributed by atoms with van der Waals surface area (Å²) in [5.41, 5.74) is 1.31. The van der Waals surface area contributed by atoms with Crippen LogP contribution in [0.3, 0.4) is 0 Å². The lowest BCUT2D eigenvalue weighted by Gasteiger charge is -2.50. The van der Waals surface area contributed by atoms with Crippen LogP contribution in [0, 0.1) is 0 Å². The van der Waals surface area contributed by atoms with Gasteiger partial charge in [-0.1, -0.05) is 34.1 Å². The molecule has 1 aromatic carbocycles. The number of amides is 2. The maximum atomic E-state index is 12.8. The molecule has 0 bridgehead atoms. The molecule has 1 unspecified atom stereocenters. The number of ether oxygens (including phenoxy) is 1. The van der Waals surface area contributed by atoms with Gasteiger partial charge >= 0.3 is 5.97 Å². The largest absolute Gasteiger partial charge is 0.514 e. The van der Waals surface area contributed by atoms with Gasteiger partial charge in [0.2, 0.25) is 0 Å². The predicted octanol–water partition coefficient (Wildman–Crippen LogP) is 2.64. The molecule has 0 radical (unpaired) electrons. The first-order valence-electron chi connectivity index (χ1n) is 9.26. The number of halogens is 2. The van der Waals surface area contributed by atoms with E-state index in [4.69, 9.17) is 20.8 Å². The number of para-hydroxylation sites is 1. The van der Waals surface area contributed by atoms with Gasteiger partial charge in [0.15, 0.2) is 6.61 Å². The highest BCUT2D eigenvalue weighted by molar-refractivity contribution is 9.09. The molecule has 1 N–H and O–H groups in total. The Kier molecular flexibility index (Phi) is 7.54. The van der Waals surface area contributed by atoms with Crippen molar-refractivity contribution in [1.82, 2.24) is 10.2 Å². The molecule has 30 heavy (non-hydrogen) atoms. The van der Waals surface area contributed by atoms with Gasteiger partial charge in [0.25, 0.3) is 20.1 Å². The first-order valence-corrected chi connectivity index (χ1v) is 15.1. The molecular weight excluding hydrogens is 512 g/mol. The van der Waals surface area contributed by atoms with Crippen LogP contribution in [0.1, 0.15) is 0 Å². The zero-order valence-electron chi connectivity index (χ0n) is 16.5. The number of hydrogen-bond acceptors (Lipinski definition) is 6. The Balaban J connectivity index is 1.65. The fraction of sp³-hybridized carbons (Fsp3) is 0.421. The number of nitrogens with zero attached hydrogens (tertiary/aromatic N) is 1. The van der Waals surface area contributed by atoms with E-state index in [1.165, 1.54) is 16.7 Å². The van der Waals surface area contributed by atoms with Gasteiger partial charge in [-0.15, -0.1) is 23.4 Å². The van der Waals surface area contributed by atoms with Gasteiger partial charge < -0.3 is 14.5 Å². The van der Waals surface area contributed by atoms with Gasteiger partial charge in [0, 0.05) is 11.1 Å². The highest BCUT2D eigenvalue weighted by Crippen LogP contribution is 2.41. The molecule has 11 heteroatoms. The van der Waals surface area contributed by atoms with E-state index in [1.54, 1.807) is 12.1 Å². The highest BCUT2D eigenvalue weighted by Gasteiger charge is 2.54. The first-order chi connectivity index (χ1) is 14.3. The molecule has 0 spiro atoms. The SMILES string of the molecule is C[Si](C)(CCl)OC(=O)C1=C(CBr)CS[C@@H]2C(NC(=O)COc3ccccc3)C(=O)N12. The number of β-lactam (4-membered cyclic amide) rings is 1. The molecule has 7 nitrogen and oxygen atoms in total. The number of thioether (sulfide) groups is 1. The van der Waals surface area contributed by atoms with Crippen LogP contribution < -0.4 is 10.1 Å². The molecule has 2 heterocycles. The fourth-order valence-corrected chi connectivity index (χ4v) is 5.87. The van der Waals surface area contributed by atoms with Gasteiger partial charge in [0.05, 0.1) is 5.50 Å².